The third kappa shape index (κ3) is 20.0. The fourth-order valence-corrected chi connectivity index (χ4v) is 2.06. The fourth-order valence-electron chi connectivity index (χ4n) is 1.39. The smallest absolute Gasteiger partial charge is 0.266 e. The molecule has 0 aliphatic heterocycles. The van der Waals surface area contributed by atoms with Crippen LogP contribution in [0.15, 0.2) is 0 Å². The molecular weight excluding hydrogens is 457 g/mol. The summed E-state index contributed by atoms with van der Waals surface area (Å²) < 4.78 is 51.4. The molecular formula is C13H26INO8S. The topological polar surface area (TPSA) is 120 Å². The van der Waals surface area contributed by atoms with Crippen LogP contribution < -0.4 is 5.32 Å². The number of halogens is 1. The third-order valence-corrected chi connectivity index (χ3v) is 3.65. The lowest BCUT2D eigenvalue weighted by Crippen LogP contribution is -2.29. The number of carbonyl (C=O) groups excluding carboxylic acids is 1. The molecule has 0 atom stereocenters. The fraction of sp³-hybridized carbons (Fsp3) is 0.923. The zero-order valence-corrected chi connectivity index (χ0v) is 16.6. The maximum absolute atomic E-state index is 11.3. The zero-order valence-electron chi connectivity index (χ0n) is 13.6. The van der Waals surface area contributed by atoms with Gasteiger partial charge in [0, 0.05) is 17.4 Å². The van der Waals surface area contributed by atoms with Gasteiger partial charge in [-0.1, -0.05) is 22.6 Å². The van der Waals surface area contributed by atoms with Gasteiger partial charge in [-0.25, -0.2) is 0 Å². The van der Waals surface area contributed by atoms with Gasteiger partial charge in [-0.2, -0.15) is 8.42 Å². The summed E-state index contributed by atoms with van der Waals surface area (Å²) in [6, 6.07) is 0. The molecule has 0 aromatic rings. The first-order valence-corrected chi connectivity index (χ1v) is 10.7. The number of amides is 1. The Morgan fingerprint density at radius 3 is 1.79 bits per heavy atom. The molecule has 0 radical (unpaired) electrons. The van der Waals surface area contributed by atoms with Crippen LogP contribution in [0.5, 0.6) is 0 Å². The first-order chi connectivity index (χ1) is 11.5. The van der Waals surface area contributed by atoms with Gasteiger partial charge in [-0.15, -0.1) is 0 Å². The summed E-state index contributed by atoms with van der Waals surface area (Å²) in [6.07, 6.45) is 0.117. The predicted octanol–water partition coefficient (Wildman–Crippen LogP) is -0.118. The Bertz CT molecular complexity index is 407. The summed E-state index contributed by atoms with van der Waals surface area (Å²) in [5.74, 6) is -0.836. The second-order valence-electron chi connectivity index (χ2n) is 4.52. The quantitative estimate of drug-likeness (QED) is 0.127. The van der Waals surface area contributed by atoms with E-state index in [0.29, 0.717) is 39.6 Å². The third-order valence-electron chi connectivity index (χ3n) is 2.49. The maximum atomic E-state index is 11.3. The number of hydrogen-bond acceptors (Lipinski definition) is 7. The van der Waals surface area contributed by atoms with Crippen LogP contribution in [-0.2, 0) is 33.9 Å². The van der Waals surface area contributed by atoms with E-state index in [1.54, 1.807) is 0 Å². The lowest BCUT2D eigenvalue weighted by molar-refractivity contribution is -0.122. The Kier molecular flexibility index (Phi) is 16.4. The van der Waals surface area contributed by atoms with Crippen molar-refractivity contribution in [1.82, 2.24) is 5.32 Å². The molecule has 0 fully saturated rings. The summed E-state index contributed by atoms with van der Waals surface area (Å²) in [6.45, 7) is 3.67. The monoisotopic (exact) mass is 483 g/mol. The Morgan fingerprint density at radius 2 is 1.33 bits per heavy atom. The van der Waals surface area contributed by atoms with Crippen molar-refractivity contribution in [1.29, 1.82) is 0 Å². The largest absolute Gasteiger partial charge is 0.379 e. The van der Waals surface area contributed by atoms with Crippen molar-refractivity contribution in [2.75, 3.05) is 69.6 Å². The van der Waals surface area contributed by atoms with Crippen LogP contribution in [0.3, 0.4) is 0 Å². The van der Waals surface area contributed by atoms with Crippen molar-refractivity contribution < 1.29 is 36.7 Å². The summed E-state index contributed by atoms with van der Waals surface area (Å²) in [7, 11) is -4.05. The number of ether oxygens (including phenoxy) is 4. The average Bonchev–Trinajstić information content (AvgIpc) is 2.50. The van der Waals surface area contributed by atoms with Gasteiger partial charge in [-0.05, 0) is 0 Å². The highest BCUT2D eigenvalue weighted by atomic mass is 127. The minimum Gasteiger partial charge on any atom is -0.379 e. The SMILES string of the molecule is O=C(CCOCCOCCOCCOCCI)NCCS(=O)(=O)O. The van der Waals surface area contributed by atoms with Crippen molar-refractivity contribution in [3.05, 3.63) is 0 Å². The van der Waals surface area contributed by atoms with Gasteiger partial charge in [0.2, 0.25) is 5.91 Å². The van der Waals surface area contributed by atoms with E-state index < -0.39 is 15.9 Å². The van der Waals surface area contributed by atoms with E-state index in [9.17, 15) is 13.2 Å². The molecule has 9 nitrogen and oxygen atoms in total. The molecule has 0 bridgehead atoms. The van der Waals surface area contributed by atoms with Crippen LogP contribution in [0, 0.1) is 0 Å². The van der Waals surface area contributed by atoms with E-state index in [1.165, 1.54) is 0 Å². The van der Waals surface area contributed by atoms with Gasteiger partial charge < -0.3 is 24.3 Å². The highest BCUT2D eigenvalue weighted by Crippen LogP contribution is 1.87. The lowest BCUT2D eigenvalue weighted by Gasteiger charge is -2.07. The summed E-state index contributed by atoms with van der Waals surface area (Å²) in [4.78, 5) is 11.3. The van der Waals surface area contributed by atoms with Crippen molar-refractivity contribution in [2.24, 2.45) is 0 Å². The van der Waals surface area contributed by atoms with Gasteiger partial charge in [0.15, 0.2) is 0 Å². The maximum Gasteiger partial charge on any atom is 0.266 e. The van der Waals surface area contributed by atoms with Crippen LogP contribution >= 0.6 is 22.6 Å². The van der Waals surface area contributed by atoms with Crippen LogP contribution in [0.2, 0.25) is 0 Å². The van der Waals surface area contributed by atoms with Crippen molar-refractivity contribution in [3.8, 4) is 0 Å². The molecule has 0 saturated heterocycles. The van der Waals surface area contributed by atoms with Crippen molar-refractivity contribution in [3.63, 3.8) is 0 Å². The Balaban J connectivity index is 3.20. The van der Waals surface area contributed by atoms with E-state index in [0.717, 1.165) is 11.0 Å². The molecule has 0 spiro atoms. The minimum absolute atomic E-state index is 0.117. The van der Waals surface area contributed by atoms with Crippen molar-refractivity contribution >= 4 is 38.6 Å². The van der Waals surface area contributed by atoms with Crippen LogP contribution in [0.25, 0.3) is 0 Å². The lowest BCUT2D eigenvalue weighted by atomic mass is 10.4. The van der Waals surface area contributed by atoms with Gasteiger partial charge >= 0.3 is 0 Å². The number of rotatable bonds is 17. The molecule has 0 rings (SSSR count). The van der Waals surface area contributed by atoms with E-state index in [2.05, 4.69) is 27.9 Å². The van der Waals surface area contributed by atoms with Crippen LogP contribution in [0.1, 0.15) is 6.42 Å². The molecule has 0 saturated carbocycles. The molecule has 24 heavy (non-hydrogen) atoms. The van der Waals surface area contributed by atoms with E-state index in [-0.39, 0.29) is 25.5 Å². The van der Waals surface area contributed by atoms with Gasteiger partial charge in [0.05, 0.1) is 58.6 Å². The number of carbonyl (C=O) groups is 1. The normalized spacial score (nSPS) is 11.6. The van der Waals surface area contributed by atoms with E-state index in [4.69, 9.17) is 23.5 Å². The first-order valence-electron chi connectivity index (χ1n) is 7.54. The highest BCUT2D eigenvalue weighted by Gasteiger charge is 2.06. The summed E-state index contributed by atoms with van der Waals surface area (Å²) in [5, 5.41) is 2.37. The second-order valence-corrected chi connectivity index (χ2v) is 7.18. The number of nitrogens with one attached hydrogen (secondary N) is 1. The molecule has 0 aliphatic carbocycles. The zero-order chi connectivity index (χ0) is 18.1. The summed E-state index contributed by atoms with van der Waals surface area (Å²) >= 11 is 2.24. The molecule has 1 amide bonds. The molecule has 144 valence electrons. The van der Waals surface area contributed by atoms with Crippen LogP contribution in [0.4, 0.5) is 0 Å². The Morgan fingerprint density at radius 1 is 0.875 bits per heavy atom. The molecule has 0 unspecified atom stereocenters. The van der Waals surface area contributed by atoms with Gasteiger partial charge in [0.1, 0.15) is 0 Å². The summed E-state index contributed by atoms with van der Waals surface area (Å²) in [5.41, 5.74) is 0. The van der Waals surface area contributed by atoms with Crippen LogP contribution in [-0.4, -0.2) is 88.5 Å². The molecule has 11 heteroatoms. The standard InChI is InChI=1S/C13H26INO8S/c14-2-5-21-7-9-23-11-10-22-8-6-20-4-1-13(16)15-3-12-24(17,18)19/h1-12H2,(H,15,16)(H,17,18,19). The number of hydrogen-bond donors (Lipinski definition) is 2. The van der Waals surface area contributed by atoms with Gasteiger partial charge in [0.25, 0.3) is 10.1 Å². The molecule has 0 aromatic heterocycles. The molecule has 0 aromatic carbocycles. The number of alkyl halides is 1. The van der Waals surface area contributed by atoms with E-state index in [1.807, 2.05) is 0 Å². The highest BCUT2D eigenvalue weighted by molar-refractivity contribution is 14.1. The average molecular weight is 483 g/mol. The minimum atomic E-state index is -4.05. The van der Waals surface area contributed by atoms with Gasteiger partial charge in [-0.3, -0.25) is 9.35 Å². The van der Waals surface area contributed by atoms with Crippen molar-refractivity contribution in [2.45, 2.75) is 6.42 Å². The first kappa shape index (κ1) is 23.9. The molecule has 0 aliphatic rings. The molecule has 2 N–H and O–H groups in total. The Hall–Kier alpha value is -0.0500. The van der Waals surface area contributed by atoms with E-state index >= 15 is 0 Å². The second kappa shape index (κ2) is 16.4. The molecule has 0 heterocycles. The predicted molar refractivity (Wildman–Crippen MR) is 96.2 cm³/mol. The Labute approximate surface area is 156 Å².